The van der Waals surface area contributed by atoms with Crippen LogP contribution in [0.4, 0.5) is 0 Å². The Labute approximate surface area is 172 Å². The zero-order valence-electron chi connectivity index (χ0n) is 15.6. The van der Waals surface area contributed by atoms with Crippen LogP contribution in [0.25, 0.3) is 0 Å². The van der Waals surface area contributed by atoms with E-state index in [1.54, 1.807) is 19.2 Å². The van der Waals surface area contributed by atoms with Gasteiger partial charge in [-0.3, -0.25) is 0 Å². The van der Waals surface area contributed by atoms with Crippen molar-refractivity contribution in [1.29, 1.82) is 0 Å². The summed E-state index contributed by atoms with van der Waals surface area (Å²) in [5.41, 5.74) is 2.13. The summed E-state index contributed by atoms with van der Waals surface area (Å²) in [5.74, 6) is 1.39. The van der Waals surface area contributed by atoms with Gasteiger partial charge in [-0.05, 0) is 50.1 Å². The van der Waals surface area contributed by atoms with E-state index in [4.69, 9.17) is 32.7 Å². The summed E-state index contributed by atoms with van der Waals surface area (Å²) >= 11 is 12.1. The van der Waals surface area contributed by atoms with E-state index >= 15 is 0 Å². The largest absolute Gasteiger partial charge is 0.493 e. The topological polar surface area (TPSA) is 30.5 Å². The molecule has 3 nitrogen and oxygen atoms in total. The third kappa shape index (κ3) is 6.55. The first kappa shape index (κ1) is 22.9. The van der Waals surface area contributed by atoms with Gasteiger partial charge >= 0.3 is 0 Å². The number of hydrogen-bond acceptors (Lipinski definition) is 3. The van der Waals surface area contributed by atoms with Crippen LogP contribution in [0.2, 0.25) is 10.0 Å². The molecular weight excluding hydrogens is 393 g/mol. The van der Waals surface area contributed by atoms with E-state index < -0.39 is 0 Å². The van der Waals surface area contributed by atoms with Crippen LogP contribution in [0.3, 0.4) is 0 Å². The lowest BCUT2D eigenvalue weighted by atomic mass is 10.0. The molecule has 0 saturated heterocycles. The Balaban J connectivity index is 0.00000338. The highest BCUT2D eigenvalue weighted by molar-refractivity contribution is 6.35. The van der Waals surface area contributed by atoms with Crippen molar-refractivity contribution in [3.05, 3.63) is 57.6 Å². The standard InChI is InChI=1S/C20H25Cl2NO2.ClH/c1-5-20(2,3)23-12-14-6-9-18(19(10-14)24-4)25-13-15-7-8-16(21)11-17(15)22;/h6-11,23H,5,12-13H2,1-4H3;1H. The van der Waals surface area contributed by atoms with Crippen molar-refractivity contribution >= 4 is 35.6 Å². The zero-order valence-corrected chi connectivity index (χ0v) is 17.9. The lowest BCUT2D eigenvalue weighted by molar-refractivity contribution is 0.284. The SMILES string of the molecule is CCC(C)(C)NCc1ccc(OCc2ccc(Cl)cc2Cl)c(OC)c1.Cl. The van der Waals surface area contributed by atoms with Crippen LogP contribution < -0.4 is 14.8 Å². The van der Waals surface area contributed by atoms with Gasteiger partial charge in [-0.2, -0.15) is 0 Å². The maximum absolute atomic E-state index is 6.19. The highest BCUT2D eigenvalue weighted by atomic mass is 35.5. The zero-order chi connectivity index (χ0) is 18.4. The molecule has 0 aromatic heterocycles. The second-order valence-corrected chi connectivity index (χ2v) is 7.44. The summed E-state index contributed by atoms with van der Waals surface area (Å²) < 4.78 is 11.4. The summed E-state index contributed by atoms with van der Waals surface area (Å²) in [6.45, 7) is 7.69. The Morgan fingerprint density at radius 3 is 2.38 bits per heavy atom. The Kier molecular flexibility index (Phi) is 9.05. The second-order valence-electron chi connectivity index (χ2n) is 6.60. The number of methoxy groups -OCH3 is 1. The fourth-order valence-electron chi connectivity index (χ4n) is 2.20. The molecule has 0 radical (unpaired) electrons. The van der Waals surface area contributed by atoms with Gasteiger partial charge in [0.05, 0.1) is 7.11 Å². The van der Waals surface area contributed by atoms with Crippen LogP contribution in [0.1, 0.15) is 38.3 Å². The van der Waals surface area contributed by atoms with Gasteiger partial charge < -0.3 is 14.8 Å². The van der Waals surface area contributed by atoms with Crippen molar-refractivity contribution in [2.45, 2.75) is 45.9 Å². The van der Waals surface area contributed by atoms with Gasteiger partial charge in [0.1, 0.15) is 6.61 Å². The van der Waals surface area contributed by atoms with Gasteiger partial charge in [0.15, 0.2) is 11.5 Å². The van der Waals surface area contributed by atoms with Crippen molar-refractivity contribution in [1.82, 2.24) is 5.32 Å². The van der Waals surface area contributed by atoms with Crippen LogP contribution in [0, 0.1) is 0 Å². The molecule has 0 unspecified atom stereocenters. The minimum Gasteiger partial charge on any atom is -0.493 e. The molecule has 0 heterocycles. The number of rotatable bonds is 8. The molecule has 0 saturated carbocycles. The molecule has 26 heavy (non-hydrogen) atoms. The monoisotopic (exact) mass is 417 g/mol. The van der Waals surface area contributed by atoms with Crippen LogP contribution in [-0.2, 0) is 13.2 Å². The van der Waals surface area contributed by atoms with E-state index in [2.05, 4.69) is 26.1 Å². The Morgan fingerprint density at radius 2 is 1.77 bits per heavy atom. The van der Waals surface area contributed by atoms with Gasteiger partial charge in [0.25, 0.3) is 0 Å². The summed E-state index contributed by atoms with van der Waals surface area (Å²) in [4.78, 5) is 0. The maximum atomic E-state index is 6.19. The average Bonchev–Trinajstić information content (AvgIpc) is 2.59. The number of halogens is 3. The van der Waals surface area contributed by atoms with Crippen molar-refractivity contribution < 1.29 is 9.47 Å². The minimum atomic E-state index is 0. The number of nitrogens with one attached hydrogen (secondary N) is 1. The lowest BCUT2D eigenvalue weighted by Crippen LogP contribution is -2.37. The third-order valence-electron chi connectivity index (χ3n) is 4.28. The molecule has 0 aliphatic carbocycles. The predicted molar refractivity (Wildman–Crippen MR) is 112 cm³/mol. The molecular formula is C20H26Cl3NO2. The summed E-state index contributed by atoms with van der Waals surface area (Å²) in [6.07, 6.45) is 1.06. The normalized spacial score (nSPS) is 11.0. The quantitative estimate of drug-likeness (QED) is 0.547. The minimum absolute atomic E-state index is 0. The summed E-state index contributed by atoms with van der Waals surface area (Å²) in [5, 5.41) is 4.74. The van der Waals surface area contributed by atoms with E-state index in [-0.39, 0.29) is 17.9 Å². The van der Waals surface area contributed by atoms with Gasteiger partial charge in [-0.15, -0.1) is 12.4 Å². The first-order valence-corrected chi connectivity index (χ1v) is 9.09. The molecule has 0 aliphatic heterocycles. The van der Waals surface area contributed by atoms with Crippen molar-refractivity contribution in [2.75, 3.05) is 7.11 Å². The van der Waals surface area contributed by atoms with E-state index in [9.17, 15) is 0 Å². The summed E-state index contributed by atoms with van der Waals surface area (Å²) in [7, 11) is 1.64. The van der Waals surface area contributed by atoms with Gasteiger partial charge in [0, 0.05) is 27.7 Å². The van der Waals surface area contributed by atoms with E-state index in [1.165, 1.54) is 0 Å². The van der Waals surface area contributed by atoms with Gasteiger partial charge in [-0.25, -0.2) is 0 Å². The van der Waals surface area contributed by atoms with E-state index in [0.29, 0.717) is 28.2 Å². The predicted octanol–water partition coefficient (Wildman–Crippen LogP) is 6.28. The highest BCUT2D eigenvalue weighted by Crippen LogP contribution is 2.30. The van der Waals surface area contributed by atoms with Crippen molar-refractivity contribution in [3.8, 4) is 11.5 Å². The van der Waals surface area contributed by atoms with Crippen molar-refractivity contribution in [2.24, 2.45) is 0 Å². The fourth-order valence-corrected chi connectivity index (χ4v) is 2.66. The Hall–Kier alpha value is -1.13. The first-order valence-electron chi connectivity index (χ1n) is 8.33. The highest BCUT2D eigenvalue weighted by Gasteiger charge is 2.14. The molecule has 0 amide bonds. The second kappa shape index (κ2) is 10.3. The molecule has 2 aromatic carbocycles. The molecule has 0 spiro atoms. The third-order valence-corrected chi connectivity index (χ3v) is 4.87. The number of hydrogen-bond donors (Lipinski definition) is 1. The van der Waals surface area contributed by atoms with Crippen LogP contribution in [0.5, 0.6) is 11.5 Å². The molecule has 0 aliphatic rings. The maximum Gasteiger partial charge on any atom is 0.161 e. The van der Waals surface area contributed by atoms with Crippen LogP contribution in [-0.4, -0.2) is 12.6 Å². The number of ether oxygens (including phenoxy) is 2. The molecule has 144 valence electrons. The molecule has 0 fully saturated rings. The molecule has 0 bridgehead atoms. The smallest absolute Gasteiger partial charge is 0.161 e. The fraction of sp³-hybridized carbons (Fsp3) is 0.400. The Morgan fingerprint density at radius 1 is 1.04 bits per heavy atom. The average molecular weight is 419 g/mol. The van der Waals surface area contributed by atoms with E-state index in [1.807, 2.05) is 24.3 Å². The van der Waals surface area contributed by atoms with Crippen molar-refractivity contribution in [3.63, 3.8) is 0 Å². The van der Waals surface area contributed by atoms with Crippen LogP contribution >= 0.6 is 35.6 Å². The molecule has 1 N–H and O–H groups in total. The first-order chi connectivity index (χ1) is 11.8. The Bertz CT molecular complexity index is 720. The lowest BCUT2D eigenvalue weighted by Gasteiger charge is -2.24. The molecule has 0 atom stereocenters. The number of benzene rings is 2. The summed E-state index contributed by atoms with van der Waals surface area (Å²) in [6, 6.07) is 11.3. The van der Waals surface area contributed by atoms with Gasteiger partial charge in [-0.1, -0.05) is 42.3 Å². The molecule has 2 aromatic rings. The molecule has 2 rings (SSSR count). The molecule has 6 heteroatoms. The van der Waals surface area contributed by atoms with Crippen LogP contribution in [0.15, 0.2) is 36.4 Å². The van der Waals surface area contributed by atoms with Gasteiger partial charge in [0.2, 0.25) is 0 Å². The van der Waals surface area contributed by atoms with E-state index in [0.717, 1.165) is 24.1 Å².